The minimum Gasteiger partial charge on any atom is -0.377 e. The van der Waals surface area contributed by atoms with Gasteiger partial charge in [-0.25, -0.2) is 0 Å². The molecule has 2 aromatic heterocycles. The van der Waals surface area contributed by atoms with Crippen LogP contribution < -0.4 is 38.5 Å². The van der Waals surface area contributed by atoms with Gasteiger partial charge in [0.15, 0.2) is 0 Å². The fourth-order valence-electron chi connectivity index (χ4n) is 7.82. The van der Waals surface area contributed by atoms with Gasteiger partial charge in [0.05, 0.1) is 6.04 Å². The Morgan fingerprint density at radius 1 is 0.717 bits per heavy atom. The number of para-hydroxylation sites is 2. The van der Waals surface area contributed by atoms with Crippen LogP contribution in [-0.4, -0.2) is 105 Å². The third-order valence-electron chi connectivity index (χ3n) is 11.2. The van der Waals surface area contributed by atoms with Gasteiger partial charge in [-0.2, -0.15) is 0 Å². The summed E-state index contributed by atoms with van der Waals surface area (Å²) in [6.07, 6.45) is 4.83. The zero-order chi connectivity index (χ0) is 42.8. The molecular formula is C44H56N10O6. The maximum absolute atomic E-state index is 14.4. The molecule has 13 N–H and O–H groups in total. The van der Waals surface area contributed by atoms with E-state index in [1.165, 1.54) is 6.92 Å². The highest BCUT2D eigenvalue weighted by Gasteiger charge is 2.39. The fraction of sp³-hybridized carbons (Fsp3) is 0.386. The predicted molar refractivity (Wildman–Crippen MR) is 229 cm³/mol. The molecule has 318 valence electrons. The number of hydrogen-bond acceptors (Lipinski definition) is 9. The molecule has 1 fully saturated rings. The first kappa shape index (κ1) is 43.5. The largest absolute Gasteiger partial charge is 0.377 e. The number of nitrogens with one attached hydrogen (secondary N) is 6. The SMILES string of the molecule is CC(NC(=O)C(Cc1c[nH]c2ccccc12)N1CCC(N)C1O)C(=O)NC(Cc1c[nH]c2ccccc12)C(=O)NC(Cc1ccccc1)C(=O)NC(CCCCN)C(N)=O. The standard InChI is InChI=1S/C44H56N10O6/c1-26(50-43(59)38(54-20-18-32(46)44(54)60)23-29-25-49-34-16-8-6-14-31(29)34)40(56)52-37(22-28-24-48-33-15-7-5-13-30(28)33)42(58)53-36(21-27-11-3-2-4-12-27)41(57)51-35(39(47)55)17-9-10-19-45/h2-8,11-16,24-26,32,35-38,44,48-49,60H,9-10,17-23,45-46H2,1H3,(H2,47,55)(H,50,59)(H,51,57)(H,52,56)(H,53,58). The van der Waals surface area contributed by atoms with Crippen LogP contribution >= 0.6 is 0 Å². The number of carbonyl (C=O) groups is 5. The number of amides is 5. The van der Waals surface area contributed by atoms with Gasteiger partial charge in [-0.1, -0.05) is 66.7 Å². The van der Waals surface area contributed by atoms with Gasteiger partial charge in [0, 0.05) is 59.6 Å². The number of aliphatic hydroxyl groups excluding tert-OH is 1. The molecule has 5 amide bonds. The van der Waals surface area contributed by atoms with E-state index in [1.54, 1.807) is 11.1 Å². The van der Waals surface area contributed by atoms with Crippen molar-refractivity contribution in [2.24, 2.45) is 17.2 Å². The van der Waals surface area contributed by atoms with E-state index in [4.69, 9.17) is 17.2 Å². The van der Waals surface area contributed by atoms with E-state index >= 15 is 0 Å². The molecule has 3 aromatic carbocycles. The third kappa shape index (κ3) is 10.8. The lowest BCUT2D eigenvalue weighted by molar-refractivity contribution is -0.136. The van der Waals surface area contributed by atoms with Crippen molar-refractivity contribution in [2.45, 2.75) is 94.3 Å². The Bertz CT molecular complexity index is 2260. The number of rotatable bonds is 20. The summed E-state index contributed by atoms with van der Waals surface area (Å²) in [7, 11) is 0. The van der Waals surface area contributed by atoms with Crippen LogP contribution in [0, 0.1) is 0 Å². The fourth-order valence-corrected chi connectivity index (χ4v) is 7.82. The van der Waals surface area contributed by atoms with E-state index in [9.17, 15) is 29.1 Å². The molecule has 7 atom stereocenters. The average molecular weight is 821 g/mol. The van der Waals surface area contributed by atoms with E-state index in [0.717, 1.165) is 38.5 Å². The Labute approximate surface area is 348 Å². The second-order valence-corrected chi connectivity index (χ2v) is 15.5. The van der Waals surface area contributed by atoms with Gasteiger partial charge in [0.25, 0.3) is 0 Å². The van der Waals surface area contributed by atoms with Crippen LogP contribution in [0.1, 0.15) is 49.3 Å². The van der Waals surface area contributed by atoms with E-state index in [2.05, 4.69) is 31.2 Å². The number of aliphatic hydroxyl groups is 1. The van der Waals surface area contributed by atoms with E-state index in [-0.39, 0.29) is 25.7 Å². The van der Waals surface area contributed by atoms with E-state index < -0.39 is 72.0 Å². The molecule has 3 heterocycles. The van der Waals surface area contributed by atoms with Gasteiger partial charge in [-0.3, -0.25) is 28.9 Å². The minimum absolute atomic E-state index is 0.0337. The lowest BCUT2D eigenvalue weighted by Gasteiger charge is -2.31. The monoisotopic (exact) mass is 820 g/mol. The van der Waals surface area contributed by atoms with Gasteiger partial charge >= 0.3 is 0 Å². The molecule has 16 heteroatoms. The van der Waals surface area contributed by atoms with Gasteiger partial charge in [0.2, 0.25) is 29.5 Å². The number of H-pyrrole nitrogens is 2. The molecule has 6 rings (SSSR count). The van der Waals surface area contributed by atoms with Gasteiger partial charge in [0.1, 0.15) is 30.4 Å². The highest BCUT2D eigenvalue weighted by Crippen LogP contribution is 2.25. The number of nitrogens with zero attached hydrogens (tertiary/aromatic N) is 1. The zero-order valence-corrected chi connectivity index (χ0v) is 33.7. The summed E-state index contributed by atoms with van der Waals surface area (Å²) < 4.78 is 0. The number of carbonyl (C=O) groups excluding carboxylic acids is 5. The molecule has 0 saturated carbocycles. The van der Waals surface area contributed by atoms with Crippen LogP contribution in [0.15, 0.2) is 91.3 Å². The first-order valence-corrected chi connectivity index (χ1v) is 20.5. The van der Waals surface area contributed by atoms with Crippen molar-refractivity contribution >= 4 is 51.3 Å². The summed E-state index contributed by atoms with van der Waals surface area (Å²) in [5.41, 5.74) is 21.5. The Hall–Kier alpha value is -6.07. The highest BCUT2D eigenvalue weighted by molar-refractivity contribution is 5.96. The summed E-state index contributed by atoms with van der Waals surface area (Å²) in [5, 5.41) is 24.0. The van der Waals surface area contributed by atoms with Crippen LogP contribution in [0.4, 0.5) is 0 Å². The second-order valence-electron chi connectivity index (χ2n) is 15.5. The number of benzene rings is 3. The van der Waals surface area contributed by atoms with Gasteiger partial charge in [-0.05, 0) is 74.4 Å². The second kappa shape index (κ2) is 20.3. The highest BCUT2D eigenvalue weighted by atomic mass is 16.3. The number of aromatic amines is 2. The number of aromatic nitrogens is 2. The molecule has 7 unspecified atom stereocenters. The third-order valence-corrected chi connectivity index (χ3v) is 11.2. The quantitative estimate of drug-likeness (QED) is 0.0501. The summed E-state index contributed by atoms with van der Waals surface area (Å²) in [6.45, 7) is 2.31. The molecule has 0 bridgehead atoms. The van der Waals surface area contributed by atoms with Gasteiger partial charge in [-0.15, -0.1) is 0 Å². The molecule has 0 spiro atoms. The molecular weight excluding hydrogens is 765 g/mol. The van der Waals surface area contributed by atoms with Crippen LogP contribution in [0.2, 0.25) is 0 Å². The first-order valence-electron chi connectivity index (χ1n) is 20.5. The minimum atomic E-state index is -1.21. The molecule has 60 heavy (non-hydrogen) atoms. The molecule has 16 nitrogen and oxygen atoms in total. The van der Waals surface area contributed by atoms with Crippen molar-refractivity contribution in [2.75, 3.05) is 13.1 Å². The molecule has 5 aromatic rings. The summed E-state index contributed by atoms with van der Waals surface area (Å²) in [5.74, 6) is -3.13. The number of unbranched alkanes of at least 4 members (excludes halogenated alkanes) is 1. The van der Waals surface area contributed by atoms with Crippen molar-refractivity contribution in [1.82, 2.24) is 36.1 Å². The first-order chi connectivity index (χ1) is 28.9. The molecule has 1 aliphatic rings. The average Bonchev–Trinajstić information content (AvgIpc) is 3.95. The summed E-state index contributed by atoms with van der Waals surface area (Å²) >= 11 is 0. The van der Waals surface area contributed by atoms with Crippen molar-refractivity contribution in [3.8, 4) is 0 Å². The topological polar surface area (TPSA) is 267 Å². The van der Waals surface area contributed by atoms with Crippen molar-refractivity contribution < 1.29 is 29.1 Å². The maximum atomic E-state index is 14.4. The number of likely N-dealkylation sites (tertiary alicyclic amines) is 1. The Kier molecular flexibility index (Phi) is 14.7. The lowest BCUT2D eigenvalue weighted by Crippen LogP contribution is -2.59. The number of hydrogen-bond donors (Lipinski definition) is 10. The van der Waals surface area contributed by atoms with E-state index in [1.807, 2.05) is 85.1 Å². The summed E-state index contributed by atoms with van der Waals surface area (Å²) in [4.78, 5) is 76.9. The van der Waals surface area contributed by atoms with Crippen LogP contribution in [0.5, 0.6) is 0 Å². The Morgan fingerprint density at radius 2 is 1.27 bits per heavy atom. The predicted octanol–water partition coefficient (Wildman–Crippen LogP) is 0.971. The van der Waals surface area contributed by atoms with Crippen molar-refractivity contribution in [1.29, 1.82) is 0 Å². The summed E-state index contributed by atoms with van der Waals surface area (Å²) in [6, 6.07) is 18.4. The molecule has 1 saturated heterocycles. The van der Waals surface area contributed by atoms with Crippen molar-refractivity contribution in [3.63, 3.8) is 0 Å². The number of primary amides is 1. The number of nitrogens with two attached hydrogens (primary N) is 3. The van der Waals surface area contributed by atoms with Crippen LogP contribution in [0.3, 0.4) is 0 Å². The molecule has 0 radical (unpaired) electrons. The maximum Gasteiger partial charge on any atom is 0.243 e. The van der Waals surface area contributed by atoms with Gasteiger partial charge < -0.3 is 53.5 Å². The Balaban J connectivity index is 1.23. The molecule has 1 aliphatic heterocycles. The zero-order valence-electron chi connectivity index (χ0n) is 33.7. The van der Waals surface area contributed by atoms with Crippen molar-refractivity contribution in [3.05, 3.63) is 108 Å². The van der Waals surface area contributed by atoms with E-state index in [0.29, 0.717) is 32.4 Å². The lowest BCUT2D eigenvalue weighted by atomic mass is 10.0. The van der Waals surface area contributed by atoms with Crippen LogP contribution in [-0.2, 0) is 43.2 Å². The normalized spacial score (nSPS) is 18.0. The Morgan fingerprint density at radius 3 is 1.85 bits per heavy atom. The smallest absolute Gasteiger partial charge is 0.243 e. The molecule has 0 aliphatic carbocycles. The number of fused-ring (bicyclic) bond motifs is 2. The van der Waals surface area contributed by atoms with Crippen LogP contribution in [0.25, 0.3) is 21.8 Å².